The molecule has 0 saturated carbocycles. The fraction of sp³-hybridized carbons (Fsp3) is 0.304. The number of hydrogen-bond donors (Lipinski definition) is 1. The number of anilines is 1. The highest BCUT2D eigenvalue weighted by Crippen LogP contribution is 2.37. The van der Waals surface area contributed by atoms with Crippen LogP contribution in [-0.2, 0) is 7.05 Å². The predicted octanol–water partition coefficient (Wildman–Crippen LogP) is 5.23. The van der Waals surface area contributed by atoms with Gasteiger partial charge in [0.1, 0.15) is 12.4 Å². The average Bonchev–Trinajstić information content (AvgIpc) is 3.39. The topological polar surface area (TPSA) is 59.4 Å². The number of aromatic nitrogens is 2. The molecule has 2 heterocycles. The van der Waals surface area contributed by atoms with Crippen molar-refractivity contribution >= 4 is 39.1 Å². The van der Waals surface area contributed by atoms with E-state index in [0.717, 1.165) is 41.1 Å². The van der Waals surface area contributed by atoms with Gasteiger partial charge < -0.3 is 10.1 Å². The SMILES string of the molecule is Cn1ncc(Br)c1-c1cc(NC(=O)c2ccc(Cl)cc2)ccc1OCCN1CCCC1. The van der Waals surface area contributed by atoms with E-state index in [-0.39, 0.29) is 5.91 Å². The molecule has 3 aromatic rings. The standard InChI is InChI=1S/C23H24BrClN4O2/c1-28-22(20(24)15-26-28)19-14-18(27-23(30)16-4-6-17(25)7-5-16)8-9-21(19)31-13-12-29-10-2-3-11-29/h4-9,14-15H,2-3,10-13H2,1H3,(H,27,30). The Morgan fingerprint density at radius 3 is 2.61 bits per heavy atom. The Balaban J connectivity index is 1.57. The van der Waals surface area contributed by atoms with E-state index in [1.54, 1.807) is 35.1 Å². The summed E-state index contributed by atoms with van der Waals surface area (Å²) in [6, 6.07) is 12.5. The molecule has 4 rings (SSSR count). The zero-order chi connectivity index (χ0) is 21.8. The Labute approximate surface area is 195 Å². The molecule has 0 aliphatic carbocycles. The van der Waals surface area contributed by atoms with Gasteiger partial charge in [-0.05, 0) is 84.3 Å². The molecule has 1 saturated heterocycles. The van der Waals surface area contributed by atoms with Crippen LogP contribution in [-0.4, -0.2) is 46.8 Å². The third-order valence-electron chi connectivity index (χ3n) is 5.36. The number of carbonyl (C=O) groups excluding carboxylic acids is 1. The molecular weight excluding hydrogens is 480 g/mol. The van der Waals surface area contributed by atoms with Crippen LogP contribution in [0.25, 0.3) is 11.3 Å². The largest absolute Gasteiger partial charge is 0.492 e. The van der Waals surface area contributed by atoms with Crippen LogP contribution in [0.1, 0.15) is 23.2 Å². The molecule has 0 radical (unpaired) electrons. The van der Waals surface area contributed by atoms with E-state index in [1.165, 1.54) is 12.8 Å². The molecule has 2 aromatic carbocycles. The molecule has 1 aromatic heterocycles. The molecule has 1 amide bonds. The maximum absolute atomic E-state index is 12.6. The molecule has 0 unspecified atom stereocenters. The van der Waals surface area contributed by atoms with Gasteiger partial charge in [0.2, 0.25) is 0 Å². The number of aryl methyl sites for hydroxylation is 1. The van der Waals surface area contributed by atoms with Crippen molar-refractivity contribution in [3.8, 4) is 17.0 Å². The first kappa shape index (κ1) is 21.9. The summed E-state index contributed by atoms with van der Waals surface area (Å²) in [5.74, 6) is 0.558. The number of benzene rings is 2. The highest BCUT2D eigenvalue weighted by atomic mass is 79.9. The van der Waals surface area contributed by atoms with Crippen LogP contribution >= 0.6 is 27.5 Å². The van der Waals surface area contributed by atoms with Gasteiger partial charge in [-0.1, -0.05) is 11.6 Å². The molecule has 31 heavy (non-hydrogen) atoms. The lowest BCUT2D eigenvalue weighted by atomic mass is 10.1. The average molecular weight is 504 g/mol. The summed E-state index contributed by atoms with van der Waals surface area (Å²) in [4.78, 5) is 15.1. The van der Waals surface area contributed by atoms with Crippen LogP contribution in [0.4, 0.5) is 5.69 Å². The Morgan fingerprint density at radius 1 is 1.19 bits per heavy atom. The Bertz CT molecular complexity index is 1040. The van der Waals surface area contributed by atoms with Crippen LogP contribution in [0, 0.1) is 0 Å². The molecule has 8 heteroatoms. The first-order valence-corrected chi connectivity index (χ1v) is 11.4. The van der Waals surface area contributed by atoms with Crippen molar-refractivity contribution in [2.45, 2.75) is 12.8 Å². The van der Waals surface area contributed by atoms with Crippen LogP contribution in [0.15, 0.2) is 53.1 Å². The lowest BCUT2D eigenvalue weighted by Gasteiger charge is -2.18. The highest BCUT2D eigenvalue weighted by Gasteiger charge is 2.17. The van der Waals surface area contributed by atoms with Crippen molar-refractivity contribution in [3.05, 3.63) is 63.7 Å². The number of amides is 1. The second-order valence-electron chi connectivity index (χ2n) is 7.53. The lowest BCUT2D eigenvalue weighted by Crippen LogP contribution is -2.25. The summed E-state index contributed by atoms with van der Waals surface area (Å²) in [5, 5.41) is 7.88. The van der Waals surface area contributed by atoms with Gasteiger partial charge in [-0.3, -0.25) is 14.4 Å². The van der Waals surface area contributed by atoms with Crippen LogP contribution in [0.3, 0.4) is 0 Å². The number of nitrogens with zero attached hydrogens (tertiary/aromatic N) is 3. The Morgan fingerprint density at radius 2 is 1.94 bits per heavy atom. The minimum Gasteiger partial charge on any atom is -0.492 e. The summed E-state index contributed by atoms with van der Waals surface area (Å²) in [7, 11) is 1.88. The molecule has 6 nitrogen and oxygen atoms in total. The molecule has 0 bridgehead atoms. The van der Waals surface area contributed by atoms with Crippen LogP contribution in [0.5, 0.6) is 5.75 Å². The summed E-state index contributed by atoms with van der Waals surface area (Å²) in [6.45, 7) is 3.79. The maximum atomic E-state index is 12.6. The van der Waals surface area contributed by atoms with Crippen molar-refractivity contribution < 1.29 is 9.53 Å². The number of hydrogen-bond acceptors (Lipinski definition) is 4. The molecular formula is C23H24BrClN4O2. The second-order valence-corrected chi connectivity index (χ2v) is 8.82. The fourth-order valence-corrected chi connectivity index (χ4v) is 4.42. The number of ether oxygens (including phenoxy) is 1. The summed E-state index contributed by atoms with van der Waals surface area (Å²) < 4.78 is 8.81. The van der Waals surface area contributed by atoms with E-state index < -0.39 is 0 Å². The maximum Gasteiger partial charge on any atom is 0.255 e. The second kappa shape index (κ2) is 9.85. The van der Waals surface area contributed by atoms with E-state index in [1.807, 2.05) is 25.2 Å². The first-order chi connectivity index (χ1) is 15.0. The van der Waals surface area contributed by atoms with E-state index in [2.05, 4.69) is 31.2 Å². The van der Waals surface area contributed by atoms with E-state index >= 15 is 0 Å². The van der Waals surface area contributed by atoms with Gasteiger partial charge in [-0.15, -0.1) is 0 Å². The van der Waals surface area contributed by atoms with Crippen molar-refractivity contribution in [2.75, 3.05) is 31.6 Å². The van der Waals surface area contributed by atoms with E-state index in [4.69, 9.17) is 16.3 Å². The van der Waals surface area contributed by atoms with Gasteiger partial charge in [0, 0.05) is 35.4 Å². The van der Waals surface area contributed by atoms with Gasteiger partial charge in [-0.2, -0.15) is 5.10 Å². The highest BCUT2D eigenvalue weighted by molar-refractivity contribution is 9.10. The zero-order valence-electron chi connectivity index (χ0n) is 17.3. The third kappa shape index (κ3) is 5.29. The lowest BCUT2D eigenvalue weighted by molar-refractivity contribution is 0.102. The molecule has 1 aliphatic rings. The smallest absolute Gasteiger partial charge is 0.255 e. The van der Waals surface area contributed by atoms with Crippen molar-refractivity contribution in [1.82, 2.24) is 14.7 Å². The summed E-state index contributed by atoms with van der Waals surface area (Å²) >= 11 is 9.51. The zero-order valence-corrected chi connectivity index (χ0v) is 19.6. The quantitative estimate of drug-likeness (QED) is 0.480. The molecule has 0 spiro atoms. The Kier molecular flexibility index (Phi) is 6.95. The summed E-state index contributed by atoms with van der Waals surface area (Å²) in [5.41, 5.74) is 2.97. The van der Waals surface area contributed by atoms with Crippen molar-refractivity contribution in [1.29, 1.82) is 0 Å². The number of halogens is 2. The van der Waals surface area contributed by atoms with Crippen molar-refractivity contribution in [3.63, 3.8) is 0 Å². The van der Waals surface area contributed by atoms with Crippen LogP contribution < -0.4 is 10.1 Å². The number of nitrogens with one attached hydrogen (secondary N) is 1. The minimum absolute atomic E-state index is 0.200. The molecule has 1 N–H and O–H groups in total. The normalized spacial score (nSPS) is 14.0. The van der Waals surface area contributed by atoms with E-state index in [9.17, 15) is 4.79 Å². The molecule has 1 fully saturated rings. The van der Waals surface area contributed by atoms with Gasteiger partial charge in [0.25, 0.3) is 5.91 Å². The number of carbonyl (C=O) groups is 1. The third-order valence-corrected chi connectivity index (χ3v) is 6.19. The molecule has 162 valence electrons. The molecule has 1 aliphatic heterocycles. The monoisotopic (exact) mass is 502 g/mol. The van der Waals surface area contributed by atoms with Crippen molar-refractivity contribution in [2.24, 2.45) is 7.05 Å². The van der Waals surface area contributed by atoms with Gasteiger partial charge >= 0.3 is 0 Å². The van der Waals surface area contributed by atoms with Gasteiger partial charge in [0.15, 0.2) is 0 Å². The van der Waals surface area contributed by atoms with E-state index in [0.29, 0.717) is 22.9 Å². The van der Waals surface area contributed by atoms with Crippen LogP contribution in [0.2, 0.25) is 5.02 Å². The van der Waals surface area contributed by atoms with Gasteiger partial charge in [0.05, 0.1) is 16.4 Å². The molecule has 0 atom stereocenters. The van der Waals surface area contributed by atoms with Gasteiger partial charge in [-0.25, -0.2) is 0 Å². The summed E-state index contributed by atoms with van der Waals surface area (Å²) in [6.07, 6.45) is 4.27. The first-order valence-electron chi connectivity index (χ1n) is 10.3. The Hall–Kier alpha value is -2.35. The number of likely N-dealkylation sites (tertiary alicyclic amines) is 1. The minimum atomic E-state index is -0.200. The number of rotatable bonds is 7. The predicted molar refractivity (Wildman–Crippen MR) is 127 cm³/mol. The fourth-order valence-electron chi connectivity index (χ4n) is 3.73.